The number of hydrogen-bond donors (Lipinski definition) is 0. The Kier molecular flexibility index (Phi) is 5.65. The third kappa shape index (κ3) is 3.74. The topological polar surface area (TPSA) is 23.0 Å². The van der Waals surface area contributed by atoms with Gasteiger partial charge in [-0.3, -0.25) is 0 Å². The van der Waals surface area contributed by atoms with Crippen LogP contribution in [0.4, 0.5) is 0 Å². The van der Waals surface area contributed by atoms with E-state index in [9.17, 15) is 0 Å². The van der Waals surface area contributed by atoms with Crippen LogP contribution in [-0.4, -0.2) is 9.13 Å². The first-order valence-corrected chi connectivity index (χ1v) is 18.5. The minimum absolute atomic E-state index is 0.884. The van der Waals surface area contributed by atoms with Crippen LogP contribution in [-0.2, 0) is 0 Å². The molecule has 0 saturated heterocycles. The highest BCUT2D eigenvalue weighted by Crippen LogP contribution is 2.45. The molecule has 0 aliphatic heterocycles. The Morgan fingerprint density at radius 1 is 0.423 bits per heavy atom. The quantitative estimate of drug-likeness (QED) is 0.182. The smallest absolute Gasteiger partial charge is 0.137 e. The predicted molar refractivity (Wildman–Crippen MR) is 221 cm³/mol. The molecule has 3 nitrogen and oxygen atoms in total. The molecule has 0 N–H and O–H groups in total. The van der Waals surface area contributed by atoms with Gasteiger partial charge in [-0.15, -0.1) is 11.3 Å². The van der Waals surface area contributed by atoms with Gasteiger partial charge in [0.05, 0.1) is 33.1 Å². The average molecular weight is 681 g/mol. The van der Waals surface area contributed by atoms with Crippen LogP contribution in [0.25, 0.3) is 108 Å². The van der Waals surface area contributed by atoms with E-state index in [-0.39, 0.29) is 0 Å². The zero-order valence-electron chi connectivity index (χ0n) is 27.9. The SMILES string of the molecule is c1ccc(-n2c3ccccc3c3ccc4c(c5ccccc5n4-c4cccc5oc6ccc(-c7cccc8c7sc7ccccc78)cc6c45)c32)cc1. The van der Waals surface area contributed by atoms with Gasteiger partial charge < -0.3 is 13.6 Å². The van der Waals surface area contributed by atoms with Crippen LogP contribution in [0.15, 0.2) is 174 Å². The van der Waals surface area contributed by atoms with Crippen molar-refractivity contribution >= 4 is 97.1 Å². The third-order valence-electron chi connectivity index (χ3n) is 10.9. The number of thiophene rings is 1. The maximum atomic E-state index is 6.61. The van der Waals surface area contributed by atoms with Gasteiger partial charge in [-0.05, 0) is 71.8 Å². The highest BCUT2D eigenvalue weighted by molar-refractivity contribution is 7.26. The minimum Gasteiger partial charge on any atom is -0.456 e. The van der Waals surface area contributed by atoms with Crippen molar-refractivity contribution in [1.29, 1.82) is 0 Å². The van der Waals surface area contributed by atoms with Crippen molar-refractivity contribution in [2.75, 3.05) is 0 Å². The van der Waals surface area contributed by atoms with Crippen molar-refractivity contribution in [3.05, 3.63) is 170 Å². The second-order valence-corrected chi connectivity index (χ2v) is 14.7. The monoisotopic (exact) mass is 680 g/mol. The number of fused-ring (bicyclic) bond motifs is 13. The Morgan fingerprint density at radius 2 is 1.15 bits per heavy atom. The summed E-state index contributed by atoms with van der Waals surface area (Å²) in [7, 11) is 0. The van der Waals surface area contributed by atoms with Crippen LogP contribution in [0.5, 0.6) is 0 Å². The lowest BCUT2D eigenvalue weighted by molar-refractivity contribution is 0.669. The molecule has 0 radical (unpaired) electrons. The Hall–Kier alpha value is -6.62. The van der Waals surface area contributed by atoms with Gasteiger partial charge in [0, 0.05) is 52.8 Å². The first-order chi connectivity index (χ1) is 25.8. The van der Waals surface area contributed by atoms with Gasteiger partial charge in [-0.25, -0.2) is 0 Å². The van der Waals surface area contributed by atoms with Gasteiger partial charge in [0.15, 0.2) is 0 Å². The molecule has 0 fully saturated rings. The third-order valence-corrected chi connectivity index (χ3v) is 12.1. The number of hydrogen-bond acceptors (Lipinski definition) is 2. The molecule has 0 saturated carbocycles. The van der Waals surface area contributed by atoms with Gasteiger partial charge >= 0.3 is 0 Å². The molecule has 0 aliphatic carbocycles. The second-order valence-electron chi connectivity index (χ2n) is 13.6. The number of benzene rings is 8. The molecule has 4 heteroatoms. The van der Waals surface area contributed by atoms with E-state index in [4.69, 9.17) is 4.42 Å². The highest BCUT2D eigenvalue weighted by atomic mass is 32.1. The highest BCUT2D eigenvalue weighted by Gasteiger charge is 2.23. The first-order valence-electron chi connectivity index (χ1n) is 17.7. The van der Waals surface area contributed by atoms with Crippen molar-refractivity contribution in [1.82, 2.24) is 9.13 Å². The first kappa shape index (κ1) is 28.1. The number of furan rings is 1. The standard InChI is InChI=1S/C48H28N2OS/c1-2-12-30(13-3-1)49-38-19-7-4-14-32(38)34-25-26-41-46(47(34)49)36-16-5-8-20-39(36)50(41)40-21-11-22-43-45(40)37-28-29(24-27-42(37)51-43)31-17-10-18-35-33-15-6-9-23-44(33)52-48(31)35/h1-28H. The van der Waals surface area contributed by atoms with Crippen LogP contribution >= 0.6 is 11.3 Å². The van der Waals surface area contributed by atoms with Crippen LogP contribution in [0.1, 0.15) is 0 Å². The summed E-state index contributed by atoms with van der Waals surface area (Å²) in [5, 5.41) is 9.83. The summed E-state index contributed by atoms with van der Waals surface area (Å²) in [6, 6.07) is 61.6. The maximum Gasteiger partial charge on any atom is 0.137 e. The van der Waals surface area contributed by atoms with Crippen LogP contribution in [0, 0.1) is 0 Å². The second kappa shape index (κ2) is 10.5. The molecule has 12 rings (SSSR count). The van der Waals surface area contributed by atoms with E-state index in [2.05, 4.69) is 179 Å². The van der Waals surface area contributed by atoms with Crippen LogP contribution in [0.3, 0.4) is 0 Å². The molecule has 0 unspecified atom stereocenters. The Labute approximate surface area is 301 Å². The number of rotatable bonds is 3. The fourth-order valence-electron chi connectivity index (χ4n) is 8.75. The van der Waals surface area contributed by atoms with E-state index in [1.807, 2.05) is 11.3 Å². The Balaban J connectivity index is 1.18. The van der Waals surface area contributed by atoms with E-state index < -0.39 is 0 Å². The maximum absolute atomic E-state index is 6.61. The van der Waals surface area contributed by atoms with Gasteiger partial charge in [-0.2, -0.15) is 0 Å². The summed E-state index contributed by atoms with van der Waals surface area (Å²) < 4.78 is 14.1. The summed E-state index contributed by atoms with van der Waals surface area (Å²) in [6.07, 6.45) is 0. The predicted octanol–water partition coefficient (Wildman–Crippen LogP) is 13.8. The van der Waals surface area contributed by atoms with Gasteiger partial charge in [0.2, 0.25) is 0 Å². The molecule has 0 spiro atoms. The normalized spacial score (nSPS) is 12.2. The van der Waals surface area contributed by atoms with Crippen LogP contribution < -0.4 is 0 Å². The molecule has 4 aromatic heterocycles. The molecule has 0 aliphatic rings. The van der Waals surface area contributed by atoms with Crippen molar-refractivity contribution in [3.63, 3.8) is 0 Å². The van der Waals surface area contributed by atoms with Crippen LogP contribution in [0.2, 0.25) is 0 Å². The molecule has 4 heterocycles. The van der Waals surface area contributed by atoms with E-state index in [1.165, 1.54) is 74.9 Å². The summed E-state index contributed by atoms with van der Waals surface area (Å²) in [4.78, 5) is 0. The molecule has 0 bridgehead atoms. The minimum atomic E-state index is 0.884. The number of para-hydroxylation sites is 3. The van der Waals surface area contributed by atoms with Gasteiger partial charge in [0.25, 0.3) is 0 Å². The lowest BCUT2D eigenvalue weighted by atomic mass is 10.00. The van der Waals surface area contributed by atoms with E-state index in [0.717, 1.165) is 33.3 Å². The lowest BCUT2D eigenvalue weighted by Crippen LogP contribution is -1.95. The Bertz CT molecular complexity index is 3410. The van der Waals surface area contributed by atoms with Crippen molar-refractivity contribution in [2.45, 2.75) is 0 Å². The fourth-order valence-corrected chi connectivity index (χ4v) is 9.99. The summed E-state index contributed by atoms with van der Waals surface area (Å²) >= 11 is 1.87. The molecule has 52 heavy (non-hydrogen) atoms. The van der Waals surface area contributed by atoms with Crippen molar-refractivity contribution in [2.24, 2.45) is 0 Å². The summed E-state index contributed by atoms with van der Waals surface area (Å²) in [5.41, 5.74) is 11.3. The largest absolute Gasteiger partial charge is 0.456 e. The van der Waals surface area contributed by atoms with E-state index in [0.29, 0.717) is 0 Å². The Morgan fingerprint density at radius 3 is 2.04 bits per heavy atom. The molecule has 0 atom stereocenters. The molecule has 0 amide bonds. The average Bonchev–Trinajstić information content (AvgIpc) is 3.95. The fraction of sp³-hybridized carbons (Fsp3) is 0. The molecule has 8 aromatic carbocycles. The van der Waals surface area contributed by atoms with Gasteiger partial charge in [0.1, 0.15) is 11.2 Å². The summed E-state index contributed by atoms with van der Waals surface area (Å²) in [6.45, 7) is 0. The van der Waals surface area contributed by atoms with Crippen molar-refractivity contribution in [3.8, 4) is 22.5 Å². The molecular formula is C48H28N2OS. The van der Waals surface area contributed by atoms with E-state index >= 15 is 0 Å². The van der Waals surface area contributed by atoms with Gasteiger partial charge in [-0.1, -0.05) is 109 Å². The summed E-state index contributed by atoms with van der Waals surface area (Å²) in [5.74, 6) is 0. The lowest BCUT2D eigenvalue weighted by Gasteiger charge is -2.11. The zero-order chi connectivity index (χ0) is 33.9. The molecule has 242 valence electrons. The number of aromatic nitrogens is 2. The molecule has 12 aromatic rings. The van der Waals surface area contributed by atoms with E-state index in [1.54, 1.807) is 0 Å². The van der Waals surface area contributed by atoms with Crippen molar-refractivity contribution < 1.29 is 4.42 Å². The number of nitrogens with zero attached hydrogens (tertiary/aromatic N) is 2. The zero-order valence-corrected chi connectivity index (χ0v) is 28.7. The molecular weight excluding hydrogens is 653 g/mol.